The SMILES string of the molecule is COc1ccc(C(=O)N(CC(=O)N(Cc2ccc(F)cc2)Cc2sccc2C)C(C)C)cc1. The smallest absolute Gasteiger partial charge is 0.254 e. The molecule has 0 saturated carbocycles. The minimum atomic E-state index is -0.318. The third kappa shape index (κ3) is 6.42. The predicted molar refractivity (Wildman–Crippen MR) is 129 cm³/mol. The zero-order valence-electron chi connectivity index (χ0n) is 19.4. The number of ether oxygens (including phenoxy) is 1. The van der Waals surface area contributed by atoms with E-state index in [0.29, 0.717) is 24.4 Å². The van der Waals surface area contributed by atoms with Gasteiger partial charge in [-0.25, -0.2) is 4.39 Å². The summed E-state index contributed by atoms with van der Waals surface area (Å²) in [6.07, 6.45) is 0. The van der Waals surface area contributed by atoms with Crippen molar-refractivity contribution in [2.75, 3.05) is 13.7 Å². The second-order valence-corrected chi connectivity index (χ2v) is 9.16. The highest BCUT2D eigenvalue weighted by atomic mass is 32.1. The molecule has 7 heteroatoms. The lowest BCUT2D eigenvalue weighted by atomic mass is 10.1. The Kier molecular flexibility index (Phi) is 8.22. The number of carbonyl (C=O) groups excluding carboxylic acids is 2. The standard InChI is InChI=1S/C26H29FN2O3S/c1-18(2)29(26(31)21-7-11-23(32-4)12-8-21)17-25(30)28(16-24-19(3)13-14-33-24)15-20-5-9-22(27)10-6-20/h5-14,18H,15-17H2,1-4H3. The molecule has 33 heavy (non-hydrogen) atoms. The first-order valence-corrected chi connectivity index (χ1v) is 11.7. The van der Waals surface area contributed by atoms with Gasteiger partial charge in [0.05, 0.1) is 13.7 Å². The molecule has 2 amide bonds. The molecule has 3 rings (SSSR count). The van der Waals surface area contributed by atoms with Crippen LogP contribution in [0.1, 0.15) is 40.2 Å². The fourth-order valence-electron chi connectivity index (χ4n) is 3.42. The van der Waals surface area contributed by atoms with Gasteiger partial charge in [-0.1, -0.05) is 12.1 Å². The molecule has 0 aliphatic rings. The van der Waals surface area contributed by atoms with Crippen molar-refractivity contribution in [1.29, 1.82) is 0 Å². The second-order valence-electron chi connectivity index (χ2n) is 8.16. The molecule has 2 aromatic carbocycles. The molecule has 0 saturated heterocycles. The van der Waals surface area contributed by atoms with Crippen molar-refractivity contribution >= 4 is 23.2 Å². The molecule has 0 radical (unpaired) electrons. The predicted octanol–water partition coefficient (Wildman–Crippen LogP) is 5.28. The maximum Gasteiger partial charge on any atom is 0.254 e. The molecule has 0 aliphatic carbocycles. The van der Waals surface area contributed by atoms with E-state index in [-0.39, 0.29) is 30.2 Å². The van der Waals surface area contributed by atoms with Crippen molar-refractivity contribution in [2.24, 2.45) is 0 Å². The average Bonchev–Trinajstić information content (AvgIpc) is 3.22. The lowest BCUT2D eigenvalue weighted by Crippen LogP contribution is -2.45. The molecular formula is C26H29FN2O3S. The zero-order valence-corrected chi connectivity index (χ0v) is 20.2. The molecular weight excluding hydrogens is 439 g/mol. The summed E-state index contributed by atoms with van der Waals surface area (Å²) in [5, 5.41) is 2.00. The Morgan fingerprint density at radius 2 is 1.67 bits per heavy atom. The van der Waals surface area contributed by atoms with Gasteiger partial charge in [-0.05, 0) is 79.7 Å². The first-order chi connectivity index (χ1) is 15.8. The minimum absolute atomic E-state index is 0.0475. The Bertz CT molecular complexity index is 1080. The number of carbonyl (C=O) groups is 2. The van der Waals surface area contributed by atoms with Gasteiger partial charge in [-0.2, -0.15) is 0 Å². The van der Waals surface area contributed by atoms with Crippen LogP contribution in [0.4, 0.5) is 4.39 Å². The molecule has 3 aromatic rings. The number of thiophene rings is 1. The van der Waals surface area contributed by atoms with Crippen LogP contribution in [-0.2, 0) is 17.9 Å². The molecule has 1 heterocycles. The summed E-state index contributed by atoms with van der Waals surface area (Å²) in [6, 6.07) is 14.9. The van der Waals surface area contributed by atoms with Crippen LogP contribution in [0.15, 0.2) is 60.0 Å². The van der Waals surface area contributed by atoms with Crippen molar-refractivity contribution in [1.82, 2.24) is 9.80 Å². The Morgan fingerprint density at radius 3 is 2.21 bits per heavy atom. The Labute approximate surface area is 198 Å². The summed E-state index contributed by atoms with van der Waals surface area (Å²) in [6.45, 7) is 6.51. The fraction of sp³-hybridized carbons (Fsp3) is 0.308. The van der Waals surface area contributed by atoms with Gasteiger partial charge in [0.15, 0.2) is 0 Å². The van der Waals surface area contributed by atoms with E-state index >= 15 is 0 Å². The Balaban J connectivity index is 1.81. The number of halogens is 1. The van der Waals surface area contributed by atoms with Gasteiger partial charge >= 0.3 is 0 Å². The normalized spacial score (nSPS) is 10.8. The number of hydrogen-bond acceptors (Lipinski definition) is 4. The van der Waals surface area contributed by atoms with E-state index < -0.39 is 0 Å². The summed E-state index contributed by atoms with van der Waals surface area (Å²) < 4.78 is 18.5. The molecule has 0 aliphatic heterocycles. The summed E-state index contributed by atoms with van der Waals surface area (Å²) in [5.41, 5.74) is 2.44. The number of rotatable bonds is 9. The summed E-state index contributed by atoms with van der Waals surface area (Å²) >= 11 is 1.59. The Hall–Kier alpha value is -3.19. The third-order valence-corrected chi connectivity index (χ3v) is 6.48. The molecule has 1 aromatic heterocycles. The Morgan fingerprint density at radius 1 is 1.00 bits per heavy atom. The molecule has 0 bridgehead atoms. The highest BCUT2D eigenvalue weighted by Crippen LogP contribution is 2.21. The summed E-state index contributed by atoms with van der Waals surface area (Å²) in [5.74, 6) is -0.0324. The van der Waals surface area contributed by atoms with Gasteiger partial charge < -0.3 is 14.5 Å². The van der Waals surface area contributed by atoms with Crippen LogP contribution in [0.25, 0.3) is 0 Å². The van der Waals surface area contributed by atoms with Crippen LogP contribution in [0, 0.1) is 12.7 Å². The van der Waals surface area contributed by atoms with E-state index in [1.165, 1.54) is 12.1 Å². The van der Waals surface area contributed by atoms with E-state index in [9.17, 15) is 14.0 Å². The lowest BCUT2D eigenvalue weighted by Gasteiger charge is -2.30. The zero-order chi connectivity index (χ0) is 24.0. The molecule has 5 nitrogen and oxygen atoms in total. The highest BCUT2D eigenvalue weighted by molar-refractivity contribution is 7.10. The topological polar surface area (TPSA) is 49.9 Å². The molecule has 0 spiro atoms. The van der Waals surface area contributed by atoms with E-state index in [1.807, 2.05) is 32.2 Å². The van der Waals surface area contributed by atoms with Crippen LogP contribution in [0.3, 0.4) is 0 Å². The van der Waals surface area contributed by atoms with Crippen molar-refractivity contribution in [2.45, 2.75) is 39.9 Å². The van der Waals surface area contributed by atoms with E-state index in [4.69, 9.17) is 4.74 Å². The lowest BCUT2D eigenvalue weighted by molar-refractivity contribution is -0.133. The quantitative estimate of drug-likeness (QED) is 0.429. The number of nitrogens with zero attached hydrogens (tertiary/aromatic N) is 2. The van der Waals surface area contributed by atoms with Crippen molar-refractivity contribution in [3.63, 3.8) is 0 Å². The number of amides is 2. The highest BCUT2D eigenvalue weighted by Gasteiger charge is 2.25. The average molecular weight is 469 g/mol. The number of methoxy groups -OCH3 is 1. The number of aryl methyl sites for hydroxylation is 1. The molecule has 0 fully saturated rings. The first kappa shape index (κ1) is 24.5. The second kappa shape index (κ2) is 11.1. The molecule has 0 N–H and O–H groups in total. The van der Waals surface area contributed by atoms with Crippen LogP contribution < -0.4 is 4.74 Å². The fourth-order valence-corrected chi connectivity index (χ4v) is 4.34. The van der Waals surface area contributed by atoms with Crippen molar-refractivity contribution in [3.05, 3.63) is 87.4 Å². The van der Waals surface area contributed by atoms with Gasteiger partial charge in [0.1, 0.15) is 18.1 Å². The van der Waals surface area contributed by atoms with Crippen molar-refractivity contribution in [3.8, 4) is 5.75 Å². The number of benzene rings is 2. The van der Waals surface area contributed by atoms with Gasteiger partial charge in [-0.3, -0.25) is 9.59 Å². The van der Waals surface area contributed by atoms with E-state index in [2.05, 4.69) is 0 Å². The van der Waals surface area contributed by atoms with Crippen LogP contribution in [0.2, 0.25) is 0 Å². The monoisotopic (exact) mass is 468 g/mol. The van der Waals surface area contributed by atoms with Gasteiger partial charge in [0, 0.05) is 23.0 Å². The van der Waals surface area contributed by atoms with E-state index in [0.717, 1.165) is 16.0 Å². The van der Waals surface area contributed by atoms with E-state index in [1.54, 1.807) is 64.6 Å². The van der Waals surface area contributed by atoms with Crippen LogP contribution in [-0.4, -0.2) is 41.3 Å². The van der Waals surface area contributed by atoms with Gasteiger partial charge in [-0.15, -0.1) is 11.3 Å². The van der Waals surface area contributed by atoms with Crippen LogP contribution in [0.5, 0.6) is 5.75 Å². The van der Waals surface area contributed by atoms with Gasteiger partial charge in [0.25, 0.3) is 5.91 Å². The maximum absolute atomic E-state index is 13.4. The van der Waals surface area contributed by atoms with Gasteiger partial charge in [0.2, 0.25) is 5.91 Å². The maximum atomic E-state index is 13.4. The molecule has 174 valence electrons. The first-order valence-electron chi connectivity index (χ1n) is 10.8. The molecule has 0 atom stereocenters. The largest absolute Gasteiger partial charge is 0.497 e. The summed E-state index contributed by atoms with van der Waals surface area (Å²) in [4.78, 5) is 31.0. The number of hydrogen-bond donors (Lipinski definition) is 0. The summed E-state index contributed by atoms with van der Waals surface area (Å²) in [7, 11) is 1.57. The van der Waals surface area contributed by atoms with Crippen molar-refractivity contribution < 1.29 is 18.7 Å². The minimum Gasteiger partial charge on any atom is -0.497 e. The third-order valence-electron chi connectivity index (χ3n) is 5.47. The van der Waals surface area contributed by atoms with Crippen LogP contribution >= 0.6 is 11.3 Å². The molecule has 0 unspecified atom stereocenters.